The molecule has 1 aliphatic rings. The van der Waals surface area contributed by atoms with Crippen molar-refractivity contribution in [1.82, 2.24) is 5.43 Å². The first-order valence-electron chi connectivity index (χ1n) is 10.9. The summed E-state index contributed by atoms with van der Waals surface area (Å²) in [6.07, 6.45) is 1.52. The van der Waals surface area contributed by atoms with Gasteiger partial charge in [-0.25, -0.2) is 5.01 Å². The molecule has 1 heterocycles. The third-order valence-electron chi connectivity index (χ3n) is 5.51. The van der Waals surface area contributed by atoms with Crippen LogP contribution in [-0.2, 0) is 9.59 Å². The van der Waals surface area contributed by atoms with E-state index in [9.17, 15) is 9.59 Å². The smallest absolute Gasteiger partial charge is 0.282 e. The molecule has 3 aromatic carbocycles. The number of benzene rings is 3. The summed E-state index contributed by atoms with van der Waals surface area (Å²) >= 11 is 0. The van der Waals surface area contributed by atoms with E-state index in [-0.39, 0.29) is 12.2 Å². The van der Waals surface area contributed by atoms with E-state index in [4.69, 9.17) is 14.2 Å². The van der Waals surface area contributed by atoms with Crippen LogP contribution in [0.1, 0.15) is 16.7 Å². The Balaban J connectivity index is 1.50. The number of ether oxygens (including phenoxy) is 3. The van der Waals surface area contributed by atoms with Crippen molar-refractivity contribution in [2.45, 2.75) is 13.8 Å². The van der Waals surface area contributed by atoms with E-state index >= 15 is 0 Å². The Bertz CT molecular complexity index is 1240. The van der Waals surface area contributed by atoms with Crippen molar-refractivity contribution < 1.29 is 23.8 Å². The monoisotopic (exact) mass is 458 g/mol. The molecule has 0 unspecified atom stereocenters. The van der Waals surface area contributed by atoms with Crippen molar-refractivity contribution in [3.63, 3.8) is 0 Å². The van der Waals surface area contributed by atoms with Crippen LogP contribution in [0, 0.1) is 13.8 Å². The van der Waals surface area contributed by atoms with Crippen LogP contribution in [0.15, 0.2) is 72.3 Å². The van der Waals surface area contributed by atoms with E-state index in [1.807, 2.05) is 31.2 Å². The lowest BCUT2D eigenvalue weighted by Crippen LogP contribution is -2.35. The Kier molecular flexibility index (Phi) is 6.82. The molecule has 0 atom stereocenters. The highest BCUT2D eigenvalue weighted by atomic mass is 16.5. The molecule has 174 valence electrons. The minimum absolute atomic E-state index is 0.00772. The molecule has 0 bridgehead atoms. The first kappa shape index (κ1) is 22.9. The lowest BCUT2D eigenvalue weighted by Gasteiger charge is -2.14. The number of methoxy groups -OCH3 is 1. The highest BCUT2D eigenvalue weighted by Gasteiger charge is 2.34. The molecule has 1 saturated heterocycles. The molecule has 1 aliphatic heterocycles. The molecule has 0 aliphatic carbocycles. The lowest BCUT2D eigenvalue weighted by atomic mass is 10.1. The Morgan fingerprint density at radius 3 is 2.32 bits per heavy atom. The van der Waals surface area contributed by atoms with Crippen LogP contribution in [0.4, 0.5) is 5.69 Å². The summed E-state index contributed by atoms with van der Waals surface area (Å²) in [7, 11) is 1.55. The van der Waals surface area contributed by atoms with E-state index in [1.165, 1.54) is 16.6 Å². The standard InChI is InChI=1S/C27H26N2O5/c1-18-9-10-23(15-19(18)2)33-13-14-34-25-12-11-22(32-3)16-20(25)17-24-26(30)28-29(27(24)31)21-7-5-4-6-8-21/h4-12,15-17H,13-14H2,1-3H3,(H,28,30). The minimum Gasteiger partial charge on any atom is -0.497 e. The number of carbonyl (C=O) groups excluding carboxylic acids is 2. The van der Waals surface area contributed by atoms with Crippen LogP contribution in [0.3, 0.4) is 0 Å². The number of nitrogens with one attached hydrogen (secondary N) is 1. The van der Waals surface area contributed by atoms with Crippen molar-refractivity contribution >= 4 is 23.6 Å². The second-order valence-corrected chi connectivity index (χ2v) is 7.82. The van der Waals surface area contributed by atoms with Crippen molar-refractivity contribution in [1.29, 1.82) is 0 Å². The predicted octanol–water partition coefficient (Wildman–Crippen LogP) is 4.23. The molecule has 0 saturated carbocycles. The highest BCUT2D eigenvalue weighted by Crippen LogP contribution is 2.29. The first-order chi connectivity index (χ1) is 16.5. The zero-order valence-corrected chi connectivity index (χ0v) is 19.3. The lowest BCUT2D eigenvalue weighted by molar-refractivity contribution is -0.117. The number of nitrogens with zero attached hydrogens (tertiary/aromatic N) is 1. The van der Waals surface area contributed by atoms with Gasteiger partial charge >= 0.3 is 0 Å². The zero-order valence-electron chi connectivity index (χ0n) is 19.3. The topological polar surface area (TPSA) is 77.1 Å². The van der Waals surface area contributed by atoms with Gasteiger partial charge in [0, 0.05) is 5.56 Å². The van der Waals surface area contributed by atoms with E-state index in [2.05, 4.69) is 12.3 Å². The number of aryl methyl sites for hydroxylation is 2. The number of amides is 2. The number of carbonyl (C=O) groups is 2. The van der Waals surface area contributed by atoms with E-state index in [0.29, 0.717) is 29.4 Å². The van der Waals surface area contributed by atoms with Crippen molar-refractivity contribution in [3.05, 3.63) is 89.0 Å². The van der Waals surface area contributed by atoms with Gasteiger partial charge in [0.05, 0.1) is 12.8 Å². The molecule has 7 nitrogen and oxygen atoms in total. The van der Waals surface area contributed by atoms with Gasteiger partial charge in [-0.1, -0.05) is 24.3 Å². The molecule has 2 amide bonds. The van der Waals surface area contributed by atoms with Gasteiger partial charge in [-0.3, -0.25) is 15.0 Å². The molecule has 3 aromatic rings. The van der Waals surface area contributed by atoms with Crippen LogP contribution in [-0.4, -0.2) is 32.1 Å². The molecule has 1 N–H and O–H groups in total. The molecule has 0 spiro atoms. The van der Waals surface area contributed by atoms with Crippen molar-refractivity contribution in [2.24, 2.45) is 0 Å². The van der Waals surface area contributed by atoms with Gasteiger partial charge in [0.25, 0.3) is 11.8 Å². The summed E-state index contributed by atoms with van der Waals surface area (Å²) in [6, 6.07) is 20.1. The molecule has 1 fully saturated rings. The van der Waals surface area contributed by atoms with Crippen LogP contribution >= 0.6 is 0 Å². The summed E-state index contributed by atoms with van der Waals surface area (Å²) in [5, 5.41) is 1.23. The second kappa shape index (κ2) is 10.1. The molecule has 34 heavy (non-hydrogen) atoms. The number of hydrogen-bond acceptors (Lipinski definition) is 5. The molecule has 7 heteroatoms. The van der Waals surface area contributed by atoms with Crippen molar-refractivity contribution in [3.8, 4) is 17.2 Å². The van der Waals surface area contributed by atoms with Crippen LogP contribution < -0.4 is 24.6 Å². The van der Waals surface area contributed by atoms with E-state index in [1.54, 1.807) is 49.6 Å². The SMILES string of the molecule is COc1ccc(OCCOc2ccc(C)c(C)c2)c(C=C2C(=O)NN(c3ccccc3)C2=O)c1. The maximum atomic E-state index is 12.9. The fraction of sp³-hybridized carbons (Fsp3) is 0.185. The van der Waals surface area contributed by atoms with Gasteiger partial charge < -0.3 is 14.2 Å². The summed E-state index contributed by atoms with van der Waals surface area (Å²) in [4.78, 5) is 25.5. The second-order valence-electron chi connectivity index (χ2n) is 7.82. The maximum absolute atomic E-state index is 12.9. The average Bonchev–Trinajstić information content (AvgIpc) is 3.13. The van der Waals surface area contributed by atoms with E-state index < -0.39 is 11.8 Å². The number of anilines is 1. The third kappa shape index (κ3) is 5.04. The molecule has 0 aromatic heterocycles. The van der Waals surface area contributed by atoms with Crippen molar-refractivity contribution in [2.75, 3.05) is 25.3 Å². The zero-order chi connectivity index (χ0) is 24.1. The highest BCUT2D eigenvalue weighted by molar-refractivity contribution is 6.31. The molecule has 0 radical (unpaired) electrons. The van der Waals surface area contributed by atoms with Gasteiger partial charge in [0.2, 0.25) is 0 Å². The maximum Gasteiger partial charge on any atom is 0.282 e. The van der Waals surface area contributed by atoms with Gasteiger partial charge in [0.15, 0.2) is 0 Å². The Morgan fingerprint density at radius 1 is 0.853 bits per heavy atom. The summed E-state index contributed by atoms with van der Waals surface area (Å²) < 4.78 is 17.0. The number of para-hydroxylation sites is 1. The van der Waals surface area contributed by atoms with E-state index in [0.717, 1.165) is 11.3 Å². The quantitative estimate of drug-likeness (QED) is 0.311. The third-order valence-corrected chi connectivity index (χ3v) is 5.51. The first-order valence-corrected chi connectivity index (χ1v) is 10.9. The Hall–Kier alpha value is -4.26. The fourth-order valence-electron chi connectivity index (χ4n) is 3.48. The molecular weight excluding hydrogens is 432 g/mol. The Labute approximate surface area is 198 Å². The number of hydrogen-bond donors (Lipinski definition) is 1. The van der Waals surface area contributed by atoms with Gasteiger partial charge in [-0.05, 0) is 73.5 Å². The number of rotatable bonds is 8. The summed E-state index contributed by atoms with van der Waals surface area (Å²) in [5.41, 5.74) is 6.11. The van der Waals surface area contributed by atoms with Crippen LogP contribution in [0.5, 0.6) is 17.2 Å². The normalized spacial score (nSPS) is 14.3. The van der Waals surface area contributed by atoms with Gasteiger partial charge in [-0.2, -0.15) is 0 Å². The molecule has 4 rings (SSSR count). The molecular formula is C27H26N2O5. The van der Waals surface area contributed by atoms with Gasteiger partial charge in [-0.15, -0.1) is 0 Å². The largest absolute Gasteiger partial charge is 0.497 e. The average molecular weight is 459 g/mol. The predicted molar refractivity (Wildman–Crippen MR) is 130 cm³/mol. The van der Waals surface area contributed by atoms with Crippen LogP contribution in [0.2, 0.25) is 0 Å². The summed E-state index contributed by atoms with van der Waals surface area (Å²) in [5.74, 6) is 0.939. The summed E-state index contributed by atoms with van der Waals surface area (Å²) in [6.45, 7) is 4.71. The minimum atomic E-state index is -0.485. The number of hydrazine groups is 1. The van der Waals surface area contributed by atoms with Gasteiger partial charge in [0.1, 0.15) is 36.0 Å². The van der Waals surface area contributed by atoms with Crippen LogP contribution in [0.25, 0.3) is 6.08 Å². The fourth-order valence-corrected chi connectivity index (χ4v) is 3.48. The Morgan fingerprint density at radius 2 is 1.59 bits per heavy atom.